The van der Waals surface area contributed by atoms with Gasteiger partial charge in [0.25, 0.3) is 0 Å². The Morgan fingerprint density at radius 1 is 1.16 bits per heavy atom. The van der Waals surface area contributed by atoms with E-state index in [4.69, 9.17) is 23.2 Å². The van der Waals surface area contributed by atoms with E-state index in [1.807, 2.05) is 19.0 Å². The van der Waals surface area contributed by atoms with Gasteiger partial charge in [-0.15, -0.1) is 0 Å². The van der Waals surface area contributed by atoms with Crippen molar-refractivity contribution in [1.29, 1.82) is 0 Å². The van der Waals surface area contributed by atoms with Gasteiger partial charge in [-0.1, -0.05) is 23.2 Å². The van der Waals surface area contributed by atoms with Crippen LogP contribution in [0.3, 0.4) is 0 Å². The number of sulfonamides is 1. The quantitative estimate of drug-likeness (QED) is 0.602. The van der Waals surface area contributed by atoms with E-state index in [0.717, 1.165) is 19.2 Å². The summed E-state index contributed by atoms with van der Waals surface area (Å²) in [7, 11) is 0.417. The van der Waals surface area contributed by atoms with Crippen LogP contribution in [0.4, 0.5) is 5.69 Å². The fraction of sp³-hybridized carbons (Fsp3) is 0.562. The molecule has 1 amide bonds. The van der Waals surface area contributed by atoms with Gasteiger partial charge >= 0.3 is 0 Å². The Hall–Kier alpha value is -1.02. The molecule has 0 bridgehead atoms. The predicted octanol–water partition coefficient (Wildman–Crippen LogP) is 2.61. The molecular formula is C16H25Cl2N3O3S. The number of hydrogen-bond donors (Lipinski definition) is 1. The van der Waals surface area contributed by atoms with Crippen molar-refractivity contribution in [2.75, 3.05) is 44.3 Å². The fourth-order valence-electron chi connectivity index (χ4n) is 2.24. The molecule has 0 unspecified atom stereocenters. The summed E-state index contributed by atoms with van der Waals surface area (Å²) >= 11 is 12.0. The van der Waals surface area contributed by atoms with Crippen LogP contribution >= 0.6 is 23.2 Å². The average Bonchev–Trinajstić information content (AvgIpc) is 2.49. The summed E-state index contributed by atoms with van der Waals surface area (Å²) in [5, 5.41) is 3.52. The minimum absolute atomic E-state index is 0.0931. The highest BCUT2D eigenvalue weighted by Crippen LogP contribution is 2.30. The van der Waals surface area contributed by atoms with Crippen molar-refractivity contribution in [2.24, 2.45) is 0 Å². The predicted molar refractivity (Wildman–Crippen MR) is 104 cm³/mol. The highest BCUT2D eigenvalue weighted by Gasteiger charge is 2.20. The van der Waals surface area contributed by atoms with Gasteiger partial charge in [0.1, 0.15) is 0 Å². The lowest BCUT2D eigenvalue weighted by Crippen LogP contribution is -2.32. The summed E-state index contributed by atoms with van der Waals surface area (Å²) in [6.07, 6.45) is 2.60. The molecule has 1 aromatic carbocycles. The molecule has 0 spiro atoms. The van der Waals surface area contributed by atoms with Crippen molar-refractivity contribution >= 4 is 44.8 Å². The van der Waals surface area contributed by atoms with Crippen LogP contribution < -0.4 is 9.62 Å². The standard InChI is InChI=1S/C16H25Cl2N3O3S/c1-20(2)10-5-9-19-16(22)6-4-11-21(25(3,23)24)15-12-13(17)7-8-14(15)18/h7-8,12H,4-6,9-11H2,1-3H3,(H,19,22). The van der Waals surface area contributed by atoms with Gasteiger partial charge in [0, 0.05) is 24.5 Å². The summed E-state index contributed by atoms with van der Waals surface area (Å²) in [5.41, 5.74) is 0.322. The lowest BCUT2D eigenvalue weighted by molar-refractivity contribution is -0.121. The molecular weight excluding hydrogens is 385 g/mol. The molecule has 0 saturated carbocycles. The molecule has 0 aromatic heterocycles. The van der Waals surface area contributed by atoms with Gasteiger partial charge in [0.05, 0.1) is 17.0 Å². The molecule has 0 fully saturated rings. The molecule has 0 aliphatic heterocycles. The monoisotopic (exact) mass is 409 g/mol. The van der Waals surface area contributed by atoms with Crippen LogP contribution in [0.5, 0.6) is 0 Å². The number of benzene rings is 1. The molecule has 1 rings (SSSR count). The molecule has 1 N–H and O–H groups in total. The summed E-state index contributed by atoms with van der Waals surface area (Å²) in [6.45, 7) is 1.66. The number of amides is 1. The maximum atomic E-state index is 12.1. The Morgan fingerprint density at radius 2 is 1.84 bits per heavy atom. The van der Waals surface area contributed by atoms with Crippen LogP contribution in [0.25, 0.3) is 0 Å². The van der Waals surface area contributed by atoms with Crippen molar-refractivity contribution in [3.05, 3.63) is 28.2 Å². The molecule has 9 heteroatoms. The highest BCUT2D eigenvalue weighted by molar-refractivity contribution is 7.92. The van der Waals surface area contributed by atoms with Gasteiger partial charge in [-0.05, 0) is 51.7 Å². The number of halogens is 2. The van der Waals surface area contributed by atoms with Gasteiger partial charge in [-0.25, -0.2) is 8.42 Å². The molecule has 6 nitrogen and oxygen atoms in total. The number of anilines is 1. The maximum absolute atomic E-state index is 12.1. The zero-order valence-electron chi connectivity index (χ0n) is 14.8. The van der Waals surface area contributed by atoms with Crippen molar-refractivity contribution in [3.8, 4) is 0 Å². The van der Waals surface area contributed by atoms with E-state index in [1.165, 1.54) is 10.4 Å². The van der Waals surface area contributed by atoms with Crippen LogP contribution in [0.1, 0.15) is 19.3 Å². The van der Waals surface area contributed by atoms with Gasteiger partial charge < -0.3 is 10.2 Å². The molecule has 0 radical (unpaired) electrons. The molecule has 0 aliphatic carbocycles. The van der Waals surface area contributed by atoms with E-state index in [1.54, 1.807) is 12.1 Å². The Labute approximate surface area is 160 Å². The van der Waals surface area contributed by atoms with E-state index in [2.05, 4.69) is 5.32 Å². The summed E-state index contributed by atoms with van der Waals surface area (Å²) < 4.78 is 25.3. The van der Waals surface area contributed by atoms with Crippen LogP contribution in [-0.2, 0) is 14.8 Å². The molecule has 0 aliphatic rings. The number of hydrogen-bond acceptors (Lipinski definition) is 4. The van der Waals surface area contributed by atoms with Crippen LogP contribution in [-0.4, -0.2) is 59.2 Å². The molecule has 0 saturated heterocycles. The molecule has 142 valence electrons. The Balaban J connectivity index is 2.58. The van der Waals surface area contributed by atoms with Crippen molar-refractivity contribution < 1.29 is 13.2 Å². The second-order valence-corrected chi connectivity index (χ2v) is 8.79. The average molecular weight is 410 g/mol. The SMILES string of the molecule is CN(C)CCCNC(=O)CCCN(c1cc(Cl)ccc1Cl)S(C)(=O)=O. The third kappa shape index (κ3) is 8.27. The van der Waals surface area contributed by atoms with Crippen LogP contribution in [0.15, 0.2) is 18.2 Å². The number of carbonyl (C=O) groups is 1. The number of nitrogens with one attached hydrogen (secondary N) is 1. The lowest BCUT2D eigenvalue weighted by atomic mass is 10.2. The second-order valence-electron chi connectivity index (χ2n) is 6.04. The normalized spacial score (nSPS) is 11.6. The molecule has 25 heavy (non-hydrogen) atoms. The molecule has 0 heterocycles. The van der Waals surface area contributed by atoms with Gasteiger partial charge in [-0.2, -0.15) is 0 Å². The van der Waals surface area contributed by atoms with Crippen molar-refractivity contribution in [1.82, 2.24) is 10.2 Å². The van der Waals surface area contributed by atoms with Gasteiger partial charge in [0.15, 0.2) is 0 Å². The van der Waals surface area contributed by atoms with E-state index in [-0.39, 0.29) is 18.9 Å². The molecule has 1 aromatic rings. The zero-order chi connectivity index (χ0) is 19.0. The highest BCUT2D eigenvalue weighted by atomic mass is 35.5. The number of rotatable bonds is 10. The Kier molecular flexibility index (Phi) is 8.99. The van der Waals surface area contributed by atoms with Gasteiger partial charge in [-0.3, -0.25) is 9.10 Å². The first kappa shape index (κ1) is 22.0. The minimum atomic E-state index is -3.53. The maximum Gasteiger partial charge on any atom is 0.232 e. The van der Waals surface area contributed by atoms with E-state index < -0.39 is 10.0 Å². The third-order valence-electron chi connectivity index (χ3n) is 3.45. The van der Waals surface area contributed by atoms with Crippen LogP contribution in [0, 0.1) is 0 Å². The second kappa shape index (κ2) is 10.2. The van der Waals surface area contributed by atoms with Crippen molar-refractivity contribution in [2.45, 2.75) is 19.3 Å². The van der Waals surface area contributed by atoms with E-state index in [0.29, 0.717) is 28.7 Å². The topological polar surface area (TPSA) is 69.7 Å². The molecule has 0 atom stereocenters. The van der Waals surface area contributed by atoms with Crippen LogP contribution in [0.2, 0.25) is 10.0 Å². The van der Waals surface area contributed by atoms with Crippen molar-refractivity contribution in [3.63, 3.8) is 0 Å². The summed E-state index contributed by atoms with van der Waals surface area (Å²) in [5.74, 6) is -0.0931. The lowest BCUT2D eigenvalue weighted by Gasteiger charge is -2.23. The fourth-order valence-corrected chi connectivity index (χ4v) is 3.64. The van der Waals surface area contributed by atoms with Gasteiger partial charge in [0.2, 0.25) is 15.9 Å². The number of carbonyl (C=O) groups excluding carboxylic acids is 1. The minimum Gasteiger partial charge on any atom is -0.356 e. The van der Waals surface area contributed by atoms with E-state index >= 15 is 0 Å². The largest absolute Gasteiger partial charge is 0.356 e. The van der Waals surface area contributed by atoms with E-state index in [9.17, 15) is 13.2 Å². The smallest absolute Gasteiger partial charge is 0.232 e. The summed E-state index contributed by atoms with van der Waals surface area (Å²) in [4.78, 5) is 13.9. The first-order valence-electron chi connectivity index (χ1n) is 7.95. The summed E-state index contributed by atoms with van der Waals surface area (Å²) in [6, 6.07) is 4.65. The Bertz CT molecular complexity index is 681. The number of nitrogens with zero attached hydrogens (tertiary/aromatic N) is 2. The Morgan fingerprint density at radius 3 is 2.44 bits per heavy atom. The zero-order valence-corrected chi connectivity index (χ0v) is 17.1. The first-order valence-corrected chi connectivity index (χ1v) is 10.6. The third-order valence-corrected chi connectivity index (χ3v) is 5.18. The first-order chi connectivity index (χ1) is 11.6.